The van der Waals surface area contributed by atoms with Crippen LogP contribution in [0.4, 0.5) is 5.69 Å². The number of nitrogens with one attached hydrogen (secondary N) is 2. The van der Waals surface area contributed by atoms with Crippen molar-refractivity contribution >= 4 is 34.4 Å². The quantitative estimate of drug-likeness (QED) is 0.301. The number of rotatable bonds is 8. The Balaban J connectivity index is 2.61. The molecule has 0 saturated carbocycles. The summed E-state index contributed by atoms with van der Waals surface area (Å²) >= 11 is 0. The molecule has 2 aromatic rings. The highest BCUT2D eigenvalue weighted by Crippen LogP contribution is 2.30. The second-order valence-electron chi connectivity index (χ2n) is 5.97. The summed E-state index contributed by atoms with van der Waals surface area (Å²) in [6.07, 6.45) is 1.15. The predicted octanol–water partition coefficient (Wildman–Crippen LogP) is 1.62. The minimum Gasteiger partial charge on any atom is -0.464 e. The molecule has 2 N–H and O–H groups in total. The molecule has 28 heavy (non-hydrogen) atoms. The molecule has 0 fully saturated rings. The molecule has 10 heteroatoms. The number of hydrogen-bond donors (Lipinski definition) is 2. The van der Waals surface area contributed by atoms with E-state index < -0.39 is 28.3 Å². The van der Waals surface area contributed by atoms with Crippen LogP contribution in [0.5, 0.6) is 0 Å². The van der Waals surface area contributed by atoms with Crippen molar-refractivity contribution in [2.45, 2.75) is 32.7 Å². The highest BCUT2D eigenvalue weighted by Gasteiger charge is 2.50. The number of aromatic nitrogens is 1. The standard InChI is InChI=1S/C18H21N3O7/c1-4-27-16(23)18(20-11(3)22,17(24)28-5-2)9-12-10-19-15-13(12)7-6-8-14(15)21(25)26/h6-8,10,19H,4-5,9H2,1-3H3,(H,20,22). The molecule has 0 unspecified atom stereocenters. The van der Waals surface area contributed by atoms with Crippen molar-refractivity contribution in [3.05, 3.63) is 40.1 Å². The fourth-order valence-electron chi connectivity index (χ4n) is 2.96. The summed E-state index contributed by atoms with van der Waals surface area (Å²) < 4.78 is 10.1. The first kappa shape index (κ1) is 20.9. The van der Waals surface area contributed by atoms with Gasteiger partial charge in [-0.05, 0) is 19.4 Å². The number of hydrogen-bond acceptors (Lipinski definition) is 7. The van der Waals surface area contributed by atoms with E-state index in [-0.39, 0.29) is 30.8 Å². The Morgan fingerprint density at radius 1 is 1.18 bits per heavy atom. The third-order valence-corrected chi connectivity index (χ3v) is 4.07. The molecule has 1 aromatic heterocycles. The molecule has 0 radical (unpaired) electrons. The van der Waals surface area contributed by atoms with Crippen LogP contribution in [0.2, 0.25) is 0 Å². The van der Waals surface area contributed by atoms with E-state index in [0.717, 1.165) is 6.92 Å². The van der Waals surface area contributed by atoms with Crippen LogP contribution in [-0.2, 0) is 30.3 Å². The molecule has 0 bridgehead atoms. The Labute approximate surface area is 160 Å². The van der Waals surface area contributed by atoms with Gasteiger partial charge >= 0.3 is 11.9 Å². The van der Waals surface area contributed by atoms with Gasteiger partial charge in [0.2, 0.25) is 11.4 Å². The Bertz CT molecular complexity index is 901. The summed E-state index contributed by atoms with van der Waals surface area (Å²) in [5.41, 5.74) is -1.61. The first-order valence-corrected chi connectivity index (χ1v) is 8.63. The van der Waals surface area contributed by atoms with Crippen molar-refractivity contribution in [3.63, 3.8) is 0 Å². The summed E-state index contributed by atoms with van der Waals surface area (Å²) in [5.74, 6) is -2.57. The smallest absolute Gasteiger partial charge is 0.344 e. The Morgan fingerprint density at radius 3 is 2.29 bits per heavy atom. The lowest BCUT2D eigenvalue weighted by atomic mass is 9.90. The number of esters is 2. The number of nitro groups is 1. The largest absolute Gasteiger partial charge is 0.464 e. The fraction of sp³-hybridized carbons (Fsp3) is 0.389. The van der Waals surface area contributed by atoms with Gasteiger partial charge in [-0.15, -0.1) is 0 Å². The van der Waals surface area contributed by atoms with Crippen LogP contribution < -0.4 is 5.32 Å². The predicted molar refractivity (Wildman–Crippen MR) is 98.5 cm³/mol. The molecule has 10 nitrogen and oxygen atoms in total. The van der Waals surface area contributed by atoms with Crippen LogP contribution in [0.3, 0.4) is 0 Å². The average molecular weight is 391 g/mol. The highest BCUT2D eigenvalue weighted by atomic mass is 16.6. The molecule has 0 aliphatic carbocycles. The van der Waals surface area contributed by atoms with Gasteiger partial charge in [-0.2, -0.15) is 0 Å². The molecule has 0 spiro atoms. The third kappa shape index (κ3) is 3.95. The fourth-order valence-corrected chi connectivity index (χ4v) is 2.96. The first-order chi connectivity index (χ1) is 13.3. The van der Waals surface area contributed by atoms with Crippen LogP contribution >= 0.6 is 0 Å². The topological polar surface area (TPSA) is 141 Å². The van der Waals surface area contributed by atoms with Crippen LogP contribution in [0.15, 0.2) is 24.4 Å². The molecular formula is C18H21N3O7. The van der Waals surface area contributed by atoms with E-state index in [9.17, 15) is 24.5 Å². The molecule has 1 aromatic carbocycles. The average Bonchev–Trinajstić information content (AvgIpc) is 3.03. The van der Waals surface area contributed by atoms with Crippen molar-refractivity contribution in [1.29, 1.82) is 0 Å². The number of ether oxygens (including phenoxy) is 2. The summed E-state index contributed by atoms with van der Waals surface area (Å²) in [5, 5.41) is 14.0. The molecule has 150 valence electrons. The van der Waals surface area contributed by atoms with Crippen LogP contribution in [0, 0.1) is 10.1 Å². The number of para-hydroxylation sites is 1. The van der Waals surface area contributed by atoms with Gasteiger partial charge in [0.1, 0.15) is 5.52 Å². The second kappa shape index (κ2) is 8.51. The van der Waals surface area contributed by atoms with E-state index in [1.54, 1.807) is 19.9 Å². The number of amides is 1. The summed E-state index contributed by atoms with van der Waals surface area (Å²) in [6, 6.07) is 4.44. The van der Waals surface area contributed by atoms with Gasteiger partial charge in [-0.3, -0.25) is 14.9 Å². The van der Waals surface area contributed by atoms with Gasteiger partial charge in [0.15, 0.2) is 0 Å². The Hall–Kier alpha value is -3.43. The number of H-pyrrole nitrogens is 1. The van der Waals surface area contributed by atoms with Gasteiger partial charge in [-0.1, -0.05) is 12.1 Å². The van der Waals surface area contributed by atoms with Crippen molar-refractivity contribution in [2.75, 3.05) is 13.2 Å². The Morgan fingerprint density at radius 2 is 1.79 bits per heavy atom. The van der Waals surface area contributed by atoms with Gasteiger partial charge in [-0.25, -0.2) is 9.59 Å². The van der Waals surface area contributed by atoms with Crippen molar-refractivity contribution in [2.24, 2.45) is 0 Å². The third-order valence-electron chi connectivity index (χ3n) is 4.07. The maximum absolute atomic E-state index is 12.7. The zero-order valence-electron chi connectivity index (χ0n) is 15.7. The lowest BCUT2D eigenvalue weighted by Crippen LogP contribution is -2.62. The van der Waals surface area contributed by atoms with Crippen molar-refractivity contribution < 1.29 is 28.8 Å². The number of aromatic amines is 1. The number of carbonyl (C=O) groups is 3. The van der Waals surface area contributed by atoms with Gasteiger partial charge < -0.3 is 19.8 Å². The number of non-ortho nitro benzene ring substituents is 1. The number of fused-ring (bicyclic) bond motifs is 1. The van der Waals surface area contributed by atoms with E-state index in [2.05, 4.69) is 10.3 Å². The minimum atomic E-state index is -2.11. The summed E-state index contributed by atoms with van der Waals surface area (Å²) in [6.45, 7) is 4.26. The maximum Gasteiger partial charge on any atom is 0.344 e. The second-order valence-corrected chi connectivity index (χ2v) is 5.97. The van der Waals surface area contributed by atoms with E-state index in [1.807, 2.05) is 0 Å². The maximum atomic E-state index is 12.7. The molecule has 0 aliphatic rings. The molecule has 1 amide bonds. The molecular weight excluding hydrogens is 370 g/mol. The lowest BCUT2D eigenvalue weighted by Gasteiger charge is -2.29. The summed E-state index contributed by atoms with van der Waals surface area (Å²) in [4.78, 5) is 50.7. The van der Waals surface area contributed by atoms with Gasteiger partial charge in [0.25, 0.3) is 5.69 Å². The zero-order chi connectivity index (χ0) is 20.9. The monoisotopic (exact) mass is 391 g/mol. The molecule has 0 saturated heterocycles. The van der Waals surface area contributed by atoms with Crippen molar-refractivity contribution in [3.8, 4) is 0 Å². The summed E-state index contributed by atoms with van der Waals surface area (Å²) in [7, 11) is 0. The van der Waals surface area contributed by atoms with Gasteiger partial charge in [0, 0.05) is 31.0 Å². The molecule has 1 heterocycles. The Kier molecular flexibility index (Phi) is 6.34. The number of benzene rings is 1. The lowest BCUT2D eigenvalue weighted by molar-refractivity contribution is -0.383. The van der Waals surface area contributed by atoms with Gasteiger partial charge in [0.05, 0.1) is 18.1 Å². The van der Waals surface area contributed by atoms with Crippen LogP contribution in [0.1, 0.15) is 26.3 Å². The minimum absolute atomic E-state index is 0.0150. The van der Waals surface area contributed by atoms with Crippen LogP contribution in [-0.4, -0.2) is 46.5 Å². The van der Waals surface area contributed by atoms with Crippen LogP contribution in [0.25, 0.3) is 10.9 Å². The molecule has 2 rings (SSSR count). The van der Waals surface area contributed by atoms with E-state index in [0.29, 0.717) is 10.9 Å². The molecule has 0 aliphatic heterocycles. The zero-order valence-corrected chi connectivity index (χ0v) is 15.7. The molecule has 0 atom stereocenters. The highest BCUT2D eigenvalue weighted by molar-refractivity contribution is 6.08. The number of nitro benzene ring substituents is 1. The van der Waals surface area contributed by atoms with E-state index >= 15 is 0 Å². The normalized spacial score (nSPS) is 11.1. The number of carbonyl (C=O) groups excluding carboxylic acids is 3. The first-order valence-electron chi connectivity index (χ1n) is 8.63. The van der Waals surface area contributed by atoms with E-state index in [4.69, 9.17) is 9.47 Å². The number of nitrogens with zero attached hydrogens (tertiary/aromatic N) is 1. The van der Waals surface area contributed by atoms with Crippen molar-refractivity contribution in [1.82, 2.24) is 10.3 Å². The van der Waals surface area contributed by atoms with E-state index in [1.165, 1.54) is 18.3 Å². The SMILES string of the molecule is CCOC(=O)C(Cc1c[nH]c2c([N+](=O)[O-])cccc12)(NC(C)=O)C(=O)OCC.